The van der Waals surface area contributed by atoms with Gasteiger partial charge < -0.3 is 10.1 Å². The minimum Gasteiger partial charge on any atom is -0.495 e. The molecule has 0 unspecified atom stereocenters. The zero-order valence-electron chi connectivity index (χ0n) is 17.5. The average molecular weight is 457 g/mol. The van der Waals surface area contributed by atoms with Crippen LogP contribution in [0.15, 0.2) is 87.5 Å². The lowest BCUT2D eigenvalue weighted by atomic mass is 10.2. The summed E-state index contributed by atoms with van der Waals surface area (Å²) in [5.41, 5.74) is 1.38. The van der Waals surface area contributed by atoms with Crippen LogP contribution in [0.4, 0.5) is 5.69 Å². The van der Waals surface area contributed by atoms with E-state index in [2.05, 4.69) is 10.0 Å². The van der Waals surface area contributed by atoms with Gasteiger partial charge in [0.2, 0.25) is 15.9 Å². The molecule has 0 radical (unpaired) electrons. The van der Waals surface area contributed by atoms with Gasteiger partial charge in [-0.15, -0.1) is 0 Å². The van der Waals surface area contributed by atoms with Crippen molar-refractivity contribution in [3.05, 3.63) is 78.4 Å². The highest BCUT2D eigenvalue weighted by atomic mass is 32.2. The van der Waals surface area contributed by atoms with Gasteiger partial charge in [-0.3, -0.25) is 4.79 Å². The zero-order chi connectivity index (χ0) is 22.4. The molecule has 0 saturated carbocycles. The molecule has 0 bridgehead atoms. The minimum atomic E-state index is -3.96. The Labute approximate surface area is 187 Å². The second-order valence-corrected chi connectivity index (χ2v) is 9.70. The molecular formula is C23H24N2O4S2. The Morgan fingerprint density at radius 1 is 1.00 bits per heavy atom. The van der Waals surface area contributed by atoms with Gasteiger partial charge >= 0.3 is 0 Å². The maximum absolute atomic E-state index is 12.9. The molecule has 31 heavy (non-hydrogen) atoms. The lowest BCUT2D eigenvalue weighted by molar-refractivity contribution is -0.117. The third kappa shape index (κ3) is 5.88. The highest BCUT2D eigenvalue weighted by molar-refractivity contribution is 7.99. The number of benzene rings is 3. The van der Waals surface area contributed by atoms with Gasteiger partial charge in [-0.05, 0) is 55.8 Å². The van der Waals surface area contributed by atoms with Crippen LogP contribution in [0.3, 0.4) is 0 Å². The van der Waals surface area contributed by atoms with Gasteiger partial charge in [0.15, 0.2) is 0 Å². The number of carbonyl (C=O) groups excluding carboxylic acids is 1. The van der Waals surface area contributed by atoms with Crippen LogP contribution in [0.5, 0.6) is 5.75 Å². The molecule has 8 heteroatoms. The van der Waals surface area contributed by atoms with E-state index in [1.807, 2.05) is 48.5 Å². The average Bonchev–Trinajstić information content (AvgIpc) is 2.75. The summed E-state index contributed by atoms with van der Waals surface area (Å²) in [6.07, 6.45) is 0. The van der Waals surface area contributed by atoms with E-state index in [9.17, 15) is 13.2 Å². The van der Waals surface area contributed by atoms with E-state index in [-0.39, 0.29) is 10.6 Å². The van der Waals surface area contributed by atoms with Crippen LogP contribution in [0, 0.1) is 6.92 Å². The monoisotopic (exact) mass is 456 g/mol. The lowest BCUT2D eigenvalue weighted by Crippen LogP contribution is -2.41. The summed E-state index contributed by atoms with van der Waals surface area (Å²) in [4.78, 5) is 14.7. The SMILES string of the molecule is COc1ccc(C)cc1S(=O)(=O)N[C@H](C)C(=O)Nc1ccccc1Sc1ccccc1. The molecule has 3 aromatic rings. The first-order valence-electron chi connectivity index (χ1n) is 9.60. The fraction of sp³-hybridized carbons (Fsp3) is 0.174. The molecule has 0 aromatic heterocycles. The lowest BCUT2D eigenvalue weighted by Gasteiger charge is -2.17. The maximum atomic E-state index is 12.9. The Morgan fingerprint density at radius 3 is 2.39 bits per heavy atom. The van der Waals surface area contributed by atoms with E-state index < -0.39 is 22.0 Å². The molecule has 0 fully saturated rings. The van der Waals surface area contributed by atoms with E-state index in [0.717, 1.165) is 15.4 Å². The second-order valence-electron chi connectivity index (χ2n) is 6.90. The van der Waals surface area contributed by atoms with E-state index in [1.54, 1.807) is 25.1 Å². The van der Waals surface area contributed by atoms with Crippen molar-refractivity contribution >= 4 is 33.4 Å². The number of sulfonamides is 1. The number of nitrogens with one attached hydrogen (secondary N) is 2. The van der Waals surface area contributed by atoms with Crippen molar-refractivity contribution in [2.75, 3.05) is 12.4 Å². The number of amides is 1. The molecule has 0 spiro atoms. The number of hydrogen-bond acceptors (Lipinski definition) is 5. The predicted octanol–water partition coefficient (Wildman–Crippen LogP) is 4.46. The molecule has 0 saturated heterocycles. The number of carbonyl (C=O) groups is 1. The van der Waals surface area contributed by atoms with Crippen molar-refractivity contribution < 1.29 is 17.9 Å². The van der Waals surface area contributed by atoms with Gasteiger partial charge in [-0.1, -0.05) is 48.2 Å². The zero-order valence-corrected chi connectivity index (χ0v) is 19.1. The fourth-order valence-electron chi connectivity index (χ4n) is 2.86. The van der Waals surface area contributed by atoms with Gasteiger partial charge in [-0.25, -0.2) is 8.42 Å². The Kier molecular flexibility index (Phi) is 7.37. The van der Waals surface area contributed by atoms with Crippen LogP contribution in [-0.2, 0) is 14.8 Å². The number of aryl methyl sites for hydroxylation is 1. The summed E-state index contributed by atoms with van der Waals surface area (Å²) in [7, 11) is -2.56. The molecule has 6 nitrogen and oxygen atoms in total. The first kappa shape index (κ1) is 22.9. The number of anilines is 1. The maximum Gasteiger partial charge on any atom is 0.244 e. The van der Waals surface area contributed by atoms with Gasteiger partial charge in [-0.2, -0.15) is 4.72 Å². The Balaban J connectivity index is 1.75. The van der Waals surface area contributed by atoms with Crippen molar-refractivity contribution in [2.24, 2.45) is 0 Å². The molecule has 1 atom stereocenters. The highest BCUT2D eigenvalue weighted by Gasteiger charge is 2.25. The molecule has 2 N–H and O–H groups in total. The smallest absolute Gasteiger partial charge is 0.244 e. The van der Waals surface area contributed by atoms with Crippen LogP contribution >= 0.6 is 11.8 Å². The van der Waals surface area contributed by atoms with E-state index >= 15 is 0 Å². The predicted molar refractivity (Wildman–Crippen MR) is 123 cm³/mol. The summed E-state index contributed by atoms with van der Waals surface area (Å²) in [5, 5.41) is 2.83. The largest absolute Gasteiger partial charge is 0.495 e. The molecular weight excluding hydrogens is 432 g/mol. The number of para-hydroxylation sites is 1. The number of hydrogen-bond donors (Lipinski definition) is 2. The van der Waals surface area contributed by atoms with Crippen LogP contribution in [-0.4, -0.2) is 27.5 Å². The molecule has 0 aliphatic heterocycles. The molecule has 0 aliphatic carbocycles. The normalized spacial score (nSPS) is 12.2. The highest BCUT2D eigenvalue weighted by Crippen LogP contribution is 2.33. The molecule has 0 heterocycles. The van der Waals surface area contributed by atoms with Gasteiger partial charge in [0.05, 0.1) is 18.8 Å². The number of ether oxygens (including phenoxy) is 1. The van der Waals surface area contributed by atoms with Crippen molar-refractivity contribution in [3.63, 3.8) is 0 Å². The van der Waals surface area contributed by atoms with E-state index in [1.165, 1.54) is 31.9 Å². The minimum absolute atomic E-state index is 0.00492. The van der Waals surface area contributed by atoms with Crippen LogP contribution in [0.2, 0.25) is 0 Å². The first-order valence-corrected chi connectivity index (χ1v) is 11.9. The third-order valence-corrected chi connectivity index (χ3v) is 7.10. The summed E-state index contributed by atoms with van der Waals surface area (Å²) < 4.78 is 33.3. The number of rotatable bonds is 8. The molecule has 0 aliphatic rings. The van der Waals surface area contributed by atoms with Gasteiger partial charge in [0, 0.05) is 9.79 Å². The Morgan fingerprint density at radius 2 is 1.68 bits per heavy atom. The molecule has 3 rings (SSSR count). The summed E-state index contributed by atoms with van der Waals surface area (Å²) in [5.74, 6) is -0.244. The molecule has 3 aromatic carbocycles. The van der Waals surface area contributed by atoms with Gasteiger partial charge in [0.1, 0.15) is 10.6 Å². The Bertz CT molecular complexity index is 1170. The summed E-state index contributed by atoms with van der Waals surface area (Å²) in [6.45, 7) is 3.29. The van der Waals surface area contributed by atoms with Gasteiger partial charge in [0.25, 0.3) is 0 Å². The van der Waals surface area contributed by atoms with Crippen molar-refractivity contribution in [3.8, 4) is 5.75 Å². The van der Waals surface area contributed by atoms with Crippen LogP contribution in [0.25, 0.3) is 0 Å². The number of methoxy groups -OCH3 is 1. The summed E-state index contributed by atoms with van der Waals surface area (Å²) in [6, 6.07) is 21.0. The molecule has 162 valence electrons. The standard InChI is InChI=1S/C23H24N2O4S2/c1-16-13-14-20(29-3)22(15-16)31(27,28)25-17(2)23(26)24-19-11-7-8-12-21(19)30-18-9-5-4-6-10-18/h4-15,17,25H,1-3H3,(H,24,26)/t17-/m1/s1. The van der Waals surface area contributed by atoms with Crippen molar-refractivity contribution in [1.29, 1.82) is 0 Å². The van der Waals surface area contributed by atoms with E-state index in [0.29, 0.717) is 5.69 Å². The quantitative estimate of drug-likeness (QED) is 0.523. The van der Waals surface area contributed by atoms with E-state index in [4.69, 9.17) is 4.74 Å². The fourth-order valence-corrected chi connectivity index (χ4v) is 5.24. The molecule has 1 amide bonds. The summed E-state index contributed by atoms with van der Waals surface area (Å²) >= 11 is 1.51. The Hall–Kier alpha value is -2.81. The second kappa shape index (κ2) is 10.00. The third-order valence-electron chi connectivity index (χ3n) is 4.45. The topological polar surface area (TPSA) is 84.5 Å². The van der Waals surface area contributed by atoms with Crippen molar-refractivity contribution in [2.45, 2.75) is 34.6 Å². The first-order chi connectivity index (χ1) is 14.8. The van der Waals surface area contributed by atoms with Crippen LogP contribution < -0.4 is 14.8 Å². The van der Waals surface area contributed by atoms with Crippen LogP contribution in [0.1, 0.15) is 12.5 Å². The van der Waals surface area contributed by atoms with Crippen molar-refractivity contribution in [1.82, 2.24) is 4.72 Å².